The van der Waals surface area contributed by atoms with Crippen molar-refractivity contribution < 1.29 is 4.11 Å². The molecule has 0 saturated heterocycles. The molecule has 0 rings (SSSR count). The molecule has 0 aliphatic carbocycles. The lowest BCUT2D eigenvalue weighted by atomic mass is 10.00. The first kappa shape index (κ1) is 10.6. The number of hydrogen-bond acceptors (Lipinski definition) is 1. The quantitative estimate of drug-likeness (QED) is 0.475. The molecule has 0 aromatic carbocycles. The molecule has 2 unspecified atom stereocenters. The Bertz CT molecular complexity index is 156. The second kappa shape index (κ2) is 3.87. The smallest absolute Gasteiger partial charge is 0.241 e. The van der Waals surface area contributed by atoms with Gasteiger partial charge in [0.25, 0.3) is 0 Å². The van der Waals surface area contributed by atoms with Crippen LogP contribution < -0.4 is 0 Å². The van der Waals surface area contributed by atoms with Gasteiger partial charge in [0.05, 0.1) is 6.07 Å². The molecule has 0 bridgehead atoms. The Balaban J connectivity index is 3.90. The van der Waals surface area contributed by atoms with Gasteiger partial charge in [-0.1, -0.05) is 6.92 Å². The van der Waals surface area contributed by atoms with Gasteiger partial charge in [0.2, 0.25) is 8.41 Å². The molecule has 0 amide bonds. The maximum absolute atomic E-state index is 13.2. The fourth-order valence-corrected chi connectivity index (χ4v) is 2.95. The van der Waals surface area contributed by atoms with E-state index in [2.05, 4.69) is 6.07 Å². The van der Waals surface area contributed by atoms with Gasteiger partial charge in [-0.25, -0.2) is 0 Å². The molecule has 0 aliphatic heterocycles. The van der Waals surface area contributed by atoms with E-state index < -0.39 is 8.41 Å². The normalized spacial score (nSPS) is 17.1. The van der Waals surface area contributed by atoms with Crippen molar-refractivity contribution in [1.29, 1.82) is 5.26 Å². The van der Waals surface area contributed by atoms with Crippen LogP contribution in [0.4, 0.5) is 4.11 Å². The van der Waals surface area contributed by atoms with Crippen molar-refractivity contribution in [1.82, 2.24) is 0 Å². The van der Waals surface area contributed by atoms with Crippen molar-refractivity contribution in [2.24, 2.45) is 11.8 Å². The van der Waals surface area contributed by atoms with Crippen LogP contribution in [0.15, 0.2) is 0 Å². The van der Waals surface area contributed by atoms with Gasteiger partial charge in [-0.2, -0.15) is 5.26 Å². The minimum absolute atomic E-state index is 0.0162. The lowest BCUT2D eigenvalue weighted by Gasteiger charge is -2.18. The van der Waals surface area contributed by atoms with Gasteiger partial charge in [-0.3, -0.25) is 0 Å². The molecule has 0 saturated carbocycles. The van der Waals surface area contributed by atoms with E-state index in [1.54, 1.807) is 13.1 Å². The summed E-state index contributed by atoms with van der Waals surface area (Å²) in [4.78, 5) is 0. The summed E-state index contributed by atoms with van der Waals surface area (Å²) >= 11 is 0. The number of halogens is 1. The molecule has 0 heterocycles. The maximum Gasteiger partial charge on any atom is 0.241 e. The third-order valence-electron chi connectivity index (χ3n) is 1.86. The van der Waals surface area contributed by atoms with E-state index in [1.807, 2.05) is 13.8 Å². The van der Waals surface area contributed by atoms with Crippen molar-refractivity contribution in [2.45, 2.75) is 33.0 Å². The highest BCUT2D eigenvalue weighted by Gasteiger charge is 2.26. The molecule has 3 heteroatoms. The molecule has 1 nitrogen and oxygen atoms in total. The van der Waals surface area contributed by atoms with Crippen LogP contribution in [0.2, 0.25) is 19.1 Å². The topological polar surface area (TPSA) is 23.8 Å². The monoisotopic (exact) mass is 173 g/mol. The Labute approximate surface area is 69.4 Å². The number of nitrogens with zero attached hydrogens (tertiary/aromatic N) is 1. The summed E-state index contributed by atoms with van der Waals surface area (Å²) in [6.07, 6.45) is 0. The van der Waals surface area contributed by atoms with Crippen molar-refractivity contribution in [2.75, 3.05) is 0 Å². The maximum atomic E-state index is 13.2. The predicted octanol–water partition coefficient (Wildman–Crippen LogP) is 2.96. The molecule has 0 N–H and O–H groups in total. The molecule has 64 valence electrons. The second-order valence-corrected chi connectivity index (χ2v) is 7.66. The zero-order valence-corrected chi connectivity index (χ0v) is 8.69. The van der Waals surface area contributed by atoms with Crippen LogP contribution in [-0.2, 0) is 0 Å². The van der Waals surface area contributed by atoms with Gasteiger partial charge >= 0.3 is 0 Å². The molecule has 0 radical (unpaired) electrons. The number of hydrogen-bond donors (Lipinski definition) is 0. The van der Waals surface area contributed by atoms with E-state index >= 15 is 0 Å². The molecule has 0 aromatic heterocycles. The summed E-state index contributed by atoms with van der Waals surface area (Å²) in [7, 11) is -2.45. The molecule has 0 fully saturated rings. The fourth-order valence-electron chi connectivity index (χ4n) is 1.07. The van der Waals surface area contributed by atoms with Crippen LogP contribution in [-0.4, -0.2) is 8.41 Å². The summed E-state index contributed by atoms with van der Waals surface area (Å²) < 4.78 is 13.2. The first-order valence-electron chi connectivity index (χ1n) is 3.95. The molecule has 0 aliphatic rings. The van der Waals surface area contributed by atoms with Crippen LogP contribution >= 0.6 is 0 Å². The molecule has 2 atom stereocenters. The van der Waals surface area contributed by atoms with Gasteiger partial charge in [-0.05, 0) is 32.0 Å². The highest BCUT2D eigenvalue weighted by atomic mass is 28.4. The summed E-state index contributed by atoms with van der Waals surface area (Å²) in [6.45, 7) is 7.17. The van der Waals surface area contributed by atoms with E-state index in [4.69, 9.17) is 5.26 Å². The Morgan fingerprint density at radius 2 is 1.91 bits per heavy atom. The highest BCUT2D eigenvalue weighted by Crippen LogP contribution is 2.23. The van der Waals surface area contributed by atoms with E-state index in [1.165, 1.54) is 0 Å². The van der Waals surface area contributed by atoms with Crippen LogP contribution in [0, 0.1) is 23.2 Å². The lowest BCUT2D eigenvalue weighted by Crippen LogP contribution is -2.23. The third-order valence-corrected chi connectivity index (χ3v) is 3.48. The van der Waals surface area contributed by atoms with Crippen molar-refractivity contribution >= 4 is 8.41 Å². The van der Waals surface area contributed by atoms with Gasteiger partial charge < -0.3 is 4.11 Å². The summed E-state index contributed by atoms with van der Waals surface area (Å²) in [5, 5.41) is 8.55. The Morgan fingerprint density at radius 3 is 2.18 bits per heavy atom. The number of nitriles is 1. The van der Waals surface area contributed by atoms with Gasteiger partial charge in [0, 0.05) is 5.92 Å². The van der Waals surface area contributed by atoms with Gasteiger partial charge in [-0.15, -0.1) is 0 Å². The van der Waals surface area contributed by atoms with Crippen LogP contribution in [0.5, 0.6) is 0 Å². The Morgan fingerprint density at radius 1 is 1.45 bits per heavy atom. The average molecular weight is 173 g/mol. The lowest BCUT2D eigenvalue weighted by molar-refractivity contribution is 0.496. The summed E-state index contributed by atoms with van der Waals surface area (Å²) in [6, 6.07) is 2.74. The van der Waals surface area contributed by atoms with Crippen molar-refractivity contribution in [3.05, 3.63) is 0 Å². The van der Waals surface area contributed by atoms with E-state index in [0.717, 1.165) is 0 Å². The minimum atomic E-state index is -2.45. The SMILES string of the molecule is CC(C#N)C(C)C[Si](C)(C)F. The first-order chi connectivity index (χ1) is 4.87. The molecular formula is C8H16FNSi. The van der Waals surface area contributed by atoms with Crippen LogP contribution in [0.25, 0.3) is 0 Å². The van der Waals surface area contributed by atoms with Crippen LogP contribution in [0.3, 0.4) is 0 Å². The number of rotatable bonds is 3. The Kier molecular flexibility index (Phi) is 3.74. The molecule has 0 aromatic rings. The first-order valence-corrected chi connectivity index (χ1v) is 7.04. The van der Waals surface area contributed by atoms with Gasteiger partial charge in [0.1, 0.15) is 0 Å². The minimum Gasteiger partial charge on any atom is -0.314 e. The standard InChI is InChI=1S/C8H16FNSi/c1-7(5-10)8(2)6-11(3,4)9/h7-8H,6H2,1-4H3. The molecule has 11 heavy (non-hydrogen) atoms. The van der Waals surface area contributed by atoms with E-state index in [0.29, 0.717) is 6.04 Å². The third kappa shape index (κ3) is 4.97. The largest absolute Gasteiger partial charge is 0.314 e. The van der Waals surface area contributed by atoms with E-state index in [9.17, 15) is 4.11 Å². The van der Waals surface area contributed by atoms with E-state index in [-0.39, 0.29) is 11.8 Å². The second-order valence-electron chi connectivity index (χ2n) is 3.82. The molecular weight excluding hydrogens is 157 g/mol. The highest BCUT2D eigenvalue weighted by molar-refractivity contribution is 6.70. The zero-order chi connectivity index (χ0) is 9.07. The van der Waals surface area contributed by atoms with Crippen LogP contribution in [0.1, 0.15) is 13.8 Å². The summed E-state index contributed by atoms with van der Waals surface area (Å²) in [5.41, 5.74) is 0. The average Bonchev–Trinajstić information content (AvgIpc) is 1.82. The Hall–Kier alpha value is -0.363. The van der Waals surface area contributed by atoms with Gasteiger partial charge in [0.15, 0.2) is 0 Å². The predicted molar refractivity (Wildman–Crippen MR) is 47.3 cm³/mol. The zero-order valence-electron chi connectivity index (χ0n) is 7.69. The van der Waals surface area contributed by atoms with Crippen molar-refractivity contribution in [3.8, 4) is 6.07 Å². The summed E-state index contributed by atoms with van der Waals surface area (Å²) in [5.74, 6) is 0.184. The van der Waals surface area contributed by atoms with Crippen molar-refractivity contribution in [3.63, 3.8) is 0 Å². The fraction of sp³-hybridized carbons (Fsp3) is 0.875. The molecule has 0 spiro atoms.